The summed E-state index contributed by atoms with van der Waals surface area (Å²) in [6, 6.07) is 21.5. The molecule has 172 valence electrons. The quantitative estimate of drug-likeness (QED) is 0.491. The molecule has 2 fully saturated rings. The molecule has 2 aliphatic heterocycles. The Morgan fingerprint density at radius 3 is 1.16 bits per heavy atom. The van der Waals surface area contributed by atoms with Crippen LogP contribution in [0.25, 0.3) is 0 Å². The van der Waals surface area contributed by atoms with Crippen molar-refractivity contribution in [1.82, 2.24) is 0 Å². The Bertz CT molecular complexity index is 559. The summed E-state index contributed by atoms with van der Waals surface area (Å²) in [7, 11) is 0. The number of rotatable bonds is 6. The zero-order valence-electron chi connectivity index (χ0n) is 18.8. The van der Waals surface area contributed by atoms with E-state index < -0.39 is 23.8 Å². The van der Waals surface area contributed by atoms with Gasteiger partial charge in [-0.05, 0) is 25.7 Å². The molecule has 2 aliphatic rings. The topological polar surface area (TPSA) is 24.9 Å². The van der Waals surface area contributed by atoms with Gasteiger partial charge < -0.3 is 34.3 Å². The Morgan fingerprint density at radius 1 is 0.613 bits per heavy atom. The van der Waals surface area contributed by atoms with Gasteiger partial charge in [-0.15, -0.1) is 0 Å². The van der Waals surface area contributed by atoms with Crippen LogP contribution in [0.3, 0.4) is 0 Å². The Labute approximate surface area is 213 Å². The summed E-state index contributed by atoms with van der Waals surface area (Å²) in [5.41, 5.74) is 2.71. The van der Waals surface area contributed by atoms with Gasteiger partial charge in [-0.25, -0.2) is 0 Å². The molecule has 0 amide bonds. The van der Waals surface area contributed by atoms with Crippen LogP contribution < -0.4 is 30.5 Å². The summed E-state index contributed by atoms with van der Waals surface area (Å²) in [5, 5.41) is 0. The summed E-state index contributed by atoms with van der Waals surface area (Å²) in [5.74, 6) is 0. The van der Waals surface area contributed by atoms with Crippen LogP contribution in [-0.2, 0) is 33.3 Å². The number of halogens is 2. The van der Waals surface area contributed by atoms with E-state index in [0.29, 0.717) is 0 Å². The Hall–Kier alpha value is -0.577. The summed E-state index contributed by atoms with van der Waals surface area (Å²) in [6.07, 6.45) is 5.11. The molecule has 0 spiro atoms. The number of nitrogens with zero attached hydrogens (tertiary/aromatic N) is 2. The molecule has 2 aromatic carbocycles. The third-order valence-electron chi connectivity index (χ3n) is 4.66. The Kier molecular flexibility index (Phi) is 19.7. The molecule has 2 aromatic rings. The number of benzene rings is 2. The summed E-state index contributed by atoms with van der Waals surface area (Å²) >= 11 is -0.806. The second kappa shape index (κ2) is 20.1. The van der Waals surface area contributed by atoms with Gasteiger partial charge in [0.2, 0.25) is 0 Å². The van der Waals surface area contributed by atoms with Crippen molar-refractivity contribution in [3.63, 3.8) is 0 Å². The fourth-order valence-corrected chi connectivity index (χ4v) is 5.72. The Balaban J connectivity index is 0.000000615. The van der Waals surface area contributed by atoms with E-state index in [1.54, 1.807) is 0 Å². The number of para-hydroxylation sites is 2. The van der Waals surface area contributed by atoms with E-state index in [9.17, 15) is 0 Å². The minimum absolute atomic E-state index is 0. The minimum Gasteiger partial charge on any atom is -1.00 e. The molecule has 2 saturated heterocycles. The van der Waals surface area contributed by atoms with Crippen molar-refractivity contribution in [1.29, 1.82) is 0 Å². The Morgan fingerprint density at radius 2 is 0.935 bits per heavy atom. The van der Waals surface area contributed by atoms with Crippen LogP contribution >= 0.6 is 0 Å². The molecule has 31 heavy (non-hydrogen) atoms. The first-order valence-corrected chi connectivity index (χ1v) is 13.1. The molecule has 0 N–H and O–H groups in total. The SMILES string of the molecule is C1CCOC1.C1CCOC1.CC[N]([Zr+2][N](CC)c1ccccc1)c1ccccc1.[Cl-].[Cl-]. The first-order chi connectivity index (χ1) is 14.3. The predicted molar refractivity (Wildman–Crippen MR) is 119 cm³/mol. The second-order valence-corrected chi connectivity index (χ2v) is 10.0. The normalized spacial score (nSPS) is 13.7. The first kappa shape index (κ1) is 30.4. The average molecular weight is 547 g/mol. The summed E-state index contributed by atoms with van der Waals surface area (Å²) < 4.78 is 15.0. The van der Waals surface area contributed by atoms with Gasteiger partial charge in [0, 0.05) is 26.4 Å². The van der Waals surface area contributed by atoms with Gasteiger partial charge in [0.05, 0.1) is 0 Å². The summed E-state index contributed by atoms with van der Waals surface area (Å²) in [4.78, 5) is 0. The molecule has 0 saturated carbocycles. The zero-order chi connectivity index (χ0) is 20.6. The maximum atomic E-state index is 4.94. The van der Waals surface area contributed by atoms with Gasteiger partial charge in [-0.2, -0.15) is 0 Å². The van der Waals surface area contributed by atoms with Crippen LogP contribution in [0.5, 0.6) is 0 Å². The van der Waals surface area contributed by atoms with Crippen LogP contribution in [-0.4, -0.2) is 39.5 Å². The third-order valence-corrected chi connectivity index (χ3v) is 8.68. The van der Waals surface area contributed by atoms with E-state index in [1.807, 2.05) is 0 Å². The monoisotopic (exact) mass is 544 g/mol. The molecular weight excluding hydrogens is 510 g/mol. The van der Waals surface area contributed by atoms with Gasteiger partial charge in [0.15, 0.2) is 0 Å². The zero-order valence-corrected chi connectivity index (χ0v) is 22.8. The molecular formula is C24H36Cl2N2O2Zr. The van der Waals surface area contributed by atoms with Gasteiger partial charge >= 0.3 is 128 Å². The van der Waals surface area contributed by atoms with E-state index in [2.05, 4.69) is 80.2 Å². The van der Waals surface area contributed by atoms with Crippen molar-refractivity contribution in [2.45, 2.75) is 39.5 Å². The maximum absolute atomic E-state index is 4.94. The standard InChI is InChI=1S/2C8H10N.2C4H8O.2ClH.Zr/c2*1-2-9-8-6-4-3-5-7-8;2*1-2-4-5-3-1;;;/h2*3-7H,2H2,1H3;2*1-4H2;2*1H;/q2*-1;;;;;+4/p-2. The second-order valence-electron chi connectivity index (χ2n) is 6.90. The van der Waals surface area contributed by atoms with Crippen LogP contribution in [0.15, 0.2) is 60.7 Å². The first-order valence-electron chi connectivity index (χ1n) is 10.9. The predicted octanol–water partition coefficient (Wildman–Crippen LogP) is -0.446. The smallest absolute Gasteiger partial charge is 1.00 e. The maximum Gasteiger partial charge on any atom is -1.00 e. The fraction of sp³-hybridized carbons (Fsp3) is 0.500. The largest absolute Gasteiger partial charge is 1.00 e. The van der Waals surface area contributed by atoms with Crippen molar-refractivity contribution in [2.24, 2.45) is 0 Å². The van der Waals surface area contributed by atoms with E-state index in [1.165, 1.54) is 37.1 Å². The fourth-order valence-electron chi connectivity index (χ4n) is 3.00. The molecule has 7 heteroatoms. The van der Waals surface area contributed by atoms with Crippen LogP contribution in [0.2, 0.25) is 0 Å². The molecule has 0 radical (unpaired) electrons. The van der Waals surface area contributed by atoms with Gasteiger partial charge in [0.1, 0.15) is 0 Å². The van der Waals surface area contributed by atoms with Crippen LogP contribution in [0.1, 0.15) is 39.5 Å². The molecule has 0 aromatic heterocycles. The molecule has 0 unspecified atom stereocenters. The van der Waals surface area contributed by atoms with E-state index in [0.717, 1.165) is 39.5 Å². The number of hydrogen-bond acceptors (Lipinski definition) is 4. The summed E-state index contributed by atoms with van der Waals surface area (Å²) in [6.45, 7) is 10.7. The van der Waals surface area contributed by atoms with E-state index in [4.69, 9.17) is 9.47 Å². The van der Waals surface area contributed by atoms with Crippen molar-refractivity contribution in [3.05, 3.63) is 60.7 Å². The molecule has 0 atom stereocenters. The molecule has 4 rings (SSSR count). The molecule has 0 bridgehead atoms. The van der Waals surface area contributed by atoms with E-state index >= 15 is 0 Å². The van der Waals surface area contributed by atoms with Gasteiger partial charge in [0.25, 0.3) is 0 Å². The molecule has 2 heterocycles. The molecule has 0 aliphatic carbocycles. The third kappa shape index (κ3) is 12.9. The van der Waals surface area contributed by atoms with Crippen LogP contribution in [0.4, 0.5) is 11.4 Å². The van der Waals surface area contributed by atoms with Crippen LogP contribution in [0, 0.1) is 0 Å². The van der Waals surface area contributed by atoms with Crippen molar-refractivity contribution < 1.29 is 58.1 Å². The number of anilines is 2. The molecule has 4 nitrogen and oxygen atoms in total. The van der Waals surface area contributed by atoms with E-state index in [-0.39, 0.29) is 24.8 Å². The number of ether oxygens (including phenoxy) is 2. The van der Waals surface area contributed by atoms with Gasteiger partial charge in [-0.1, -0.05) is 0 Å². The number of hydrogen-bond donors (Lipinski definition) is 0. The van der Waals surface area contributed by atoms with Gasteiger partial charge in [-0.3, -0.25) is 0 Å². The average Bonchev–Trinajstić information content (AvgIpc) is 3.55. The van der Waals surface area contributed by atoms with Crippen molar-refractivity contribution in [2.75, 3.05) is 45.2 Å². The van der Waals surface area contributed by atoms with Crippen molar-refractivity contribution >= 4 is 11.4 Å². The van der Waals surface area contributed by atoms with Crippen molar-refractivity contribution in [3.8, 4) is 0 Å². The minimum atomic E-state index is -0.806.